The minimum Gasteiger partial charge on any atom is -0.497 e. The van der Waals surface area contributed by atoms with E-state index >= 15 is 0 Å². The van der Waals surface area contributed by atoms with Crippen molar-refractivity contribution in [3.63, 3.8) is 0 Å². The Bertz CT molecular complexity index is 1010. The van der Waals surface area contributed by atoms with Crippen molar-refractivity contribution < 1.29 is 13.9 Å². The highest BCUT2D eigenvalue weighted by Crippen LogP contribution is 2.47. The molecule has 0 radical (unpaired) electrons. The standard InChI is InChI=1S/C22H20N2O3/c1-14-7-12-21(26-14)18-13-19-17-5-3-4-6-20(17)27-22(24(19)23-18)15-8-10-16(25-2)11-9-15/h3-12,19,22H,13H2,1-2H3/t19-,22+/m1/s1. The minimum absolute atomic E-state index is 0.127. The van der Waals surface area contributed by atoms with Crippen molar-refractivity contribution in [1.82, 2.24) is 5.01 Å². The molecule has 2 aliphatic heterocycles. The molecule has 0 spiro atoms. The second-order valence-corrected chi connectivity index (χ2v) is 6.84. The van der Waals surface area contributed by atoms with Crippen LogP contribution in [0.5, 0.6) is 11.5 Å². The average molecular weight is 360 g/mol. The van der Waals surface area contributed by atoms with Gasteiger partial charge in [0.15, 0.2) is 0 Å². The number of rotatable bonds is 3. The molecule has 2 aliphatic rings. The molecule has 27 heavy (non-hydrogen) atoms. The monoisotopic (exact) mass is 360 g/mol. The number of furan rings is 1. The van der Waals surface area contributed by atoms with Gasteiger partial charge in [-0.2, -0.15) is 5.10 Å². The number of fused-ring (bicyclic) bond motifs is 3. The fraction of sp³-hybridized carbons (Fsp3) is 0.227. The van der Waals surface area contributed by atoms with Crippen molar-refractivity contribution in [3.8, 4) is 11.5 Å². The average Bonchev–Trinajstić information content (AvgIpc) is 3.34. The van der Waals surface area contributed by atoms with Gasteiger partial charge < -0.3 is 13.9 Å². The van der Waals surface area contributed by atoms with Gasteiger partial charge in [0.1, 0.15) is 28.7 Å². The lowest BCUT2D eigenvalue weighted by Gasteiger charge is -2.38. The molecule has 3 heterocycles. The molecule has 3 aromatic rings. The first kappa shape index (κ1) is 16.0. The largest absolute Gasteiger partial charge is 0.497 e. The van der Waals surface area contributed by atoms with Crippen LogP contribution in [0.15, 0.2) is 70.2 Å². The molecule has 5 heteroatoms. The van der Waals surface area contributed by atoms with Gasteiger partial charge in [-0.1, -0.05) is 18.2 Å². The Labute approximate surface area is 157 Å². The fourth-order valence-corrected chi connectivity index (χ4v) is 3.76. The van der Waals surface area contributed by atoms with Crippen LogP contribution in [-0.4, -0.2) is 17.8 Å². The van der Waals surface area contributed by atoms with Gasteiger partial charge in [0.25, 0.3) is 0 Å². The number of hydrogen-bond acceptors (Lipinski definition) is 5. The number of aryl methyl sites for hydroxylation is 1. The Hall–Kier alpha value is -3.21. The van der Waals surface area contributed by atoms with E-state index in [2.05, 4.69) is 11.1 Å². The number of hydrogen-bond donors (Lipinski definition) is 0. The number of methoxy groups -OCH3 is 1. The zero-order valence-corrected chi connectivity index (χ0v) is 15.3. The Kier molecular flexibility index (Phi) is 3.67. The molecule has 2 aromatic carbocycles. The number of nitrogens with zero attached hydrogens (tertiary/aromatic N) is 2. The molecule has 0 bridgehead atoms. The lowest BCUT2D eigenvalue weighted by atomic mass is 9.97. The number of ether oxygens (including phenoxy) is 2. The van der Waals surface area contributed by atoms with Crippen molar-refractivity contribution in [3.05, 3.63) is 83.3 Å². The molecular formula is C22H20N2O3. The number of hydrazone groups is 1. The lowest BCUT2D eigenvalue weighted by Crippen LogP contribution is -2.33. The Morgan fingerprint density at radius 3 is 2.59 bits per heavy atom. The molecule has 0 N–H and O–H groups in total. The molecule has 5 rings (SSSR count). The zero-order valence-electron chi connectivity index (χ0n) is 15.3. The second kappa shape index (κ2) is 6.20. The first-order valence-electron chi connectivity index (χ1n) is 9.05. The van der Waals surface area contributed by atoms with Gasteiger partial charge in [0.05, 0.1) is 13.2 Å². The van der Waals surface area contributed by atoms with Crippen LogP contribution in [0.2, 0.25) is 0 Å². The second-order valence-electron chi connectivity index (χ2n) is 6.84. The predicted molar refractivity (Wildman–Crippen MR) is 102 cm³/mol. The summed E-state index contributed by atoms with van der Waals surface area (Å²) >= 11 is 0. The Morgan fingerprint density at radius 2 is 1.85 bits per heavy atom. The molecule has 0 unspecified atom stereocenters. The fourth-order valence-electron chi connectivity index (χ4n) is 3.76. The molecule has 0 aliphatic carbocycles. The third-order valence-electron chi connectivity index (χ3n) is 5.12. The van der Waals surface area contributed by atoms with Gasteiger partial charge in [-0.25, -0.2) is 5.01 Å². The zero-order chi connectivity index (χ0) is 18.4. The van der Waals surface area contributed by atoms with Crippen LogP contribution < -0.4 is 9.47 Å². The summed E-state index contributed by atoms with van der Waals surface area (Å²) in [6.45, 7) is 1.95. The highest BCUT2D eigenvalue weighted by molar-refractivity contribution is 5.99. The van der Waals surface area contributed by atoms with E-state index in [0.717, 1.165) is 46.3 Å². The van der Waals surface area contributed by atoms with Crippen LogP contribution in [0.4, 0.5) is 0 Å². The maximum atomic E-state index is 6.34. The molecule has 0 saturated carbocycles. The van der Waals surface area contributed by atoms with E-state index in [1.165, 1.54) is 0 Å². The summed E-state index contributed by atoms with van der Waals surface area (Å²) in [7, 11) is 1.67. The maximum Gasteiger partial charge on any atom is 0.213 e. The van der Waals surface area contributed by atoms with Gasteiger partial charge >= 0.3 is 0 Å². The van der Waals surface area contributed by atoms with Crippen LogP contribution in [0.3, 0.4) is 0 Å². The number of benzene rings is 2. The van der Waals surface area contributed by atoms with Crippen molar-refractivity contribution in [2.24, 2.45) is 5.10 Å². The summed E-state index contributed by atoms with van der Waals surface area (Å²) in [4.78, 5) is 0. The summed E-state index contributed by atoms with van der Waals surface area (Å²) in [5.41, 5.74) is 3.15. The summed E-state index contributed by atoms with van der Waals surface area (Å²) in [6.07, 6.45) is 0.504. The summed E-state index contributed by atoms with van der Waals surface area (Å²) in [5, 5.41) is 6.95. The third kappa shape index (κ3) is 2.67. The van der Waals surface area contributed by atoms with Crippen molar-refractivity contribution in [2.75, 3.05) is 7.11 Å². The van der Waals surface area contributed by atoms with E-state index in [1.54, 1.807) is 7.11 Å². The number of para-hydroxylation sites is 1. The van der Waals surface area contributed by atoms with Crippen LogP contribution >= 0.6 is 0 Å². The predicted octanol–water partition coefficient (Wildman–Crippen LogP) is 4.84. The highest BCUT2D eigenvalue weighted by Gasteiger charge is 2.41. The van der Waals surface area contributed by atoms with Crippen LogP contribution in [0, 0.1) is 6.92 Å². The van der Waals surface area contributed by atoms with E-state index in [0.29, 0.717) is 0 Å². The Morgan fingerprint density at radius 1 is 1.04 bits per heavy atom. The van der Waals surface area contributed by atoms with Crippen LogP contribution in [-0.2, 0) is 0 Å². The molecule has 1 aromatic heterocycles. The normalized spacial score (nSPS) is 20.5. The van der Waals surface area contributed by atoms with Gasteiger partial charge in [0, 0.05) is 17.5 Å². The van der Waals surface area contributed by atoms with E-state index in [1.807, 2.05) is 61.5 Å². The van der Waals surface area contributed by atoms with Gasteiger partial charge in [-0.05, 0) is 49.4 Å². The SMILES string of the molecule is COc1ccc([C@@H]2Oc3ccccc3[C@H]3CC(c4ccc(C)o4)=NN32)cc1. The highest BCUT2D eigenvalue weighted by atomic mass is 16.5. The Balaban J connectivity index is 1.57. The van der Waals surface area contributed by atoms with E-state index in [4.69, 9.17) is 19.0 Å². The van der Waals surface area contributed by atoms with Crippen molar-refractivity contribution in [1.29, 1.82) is 0 Å². The third-order valence-corrected chi connectivity index (χ3v) is 5.12. The van der Waals surface area contributed by atoms with E-state index < -0.39 is 0 Å². The smallest absolute Gasteiger partial charge is 0.213 e. The van der Waals surface area contributed by atoms with Gasteiger partial charge in [0.2, 0.25) is 6.23 Å². The molecule has 136 valence electrons. The maximum absolute atomic E-state index is 6.34. The first-order chi connectivity index (χ1) is 13.2. The first-order valence-corrected chi connectivity index (χ1v) is 9.05. The molecule has 5 nitrogen and oxygen atoms in total. The lowest BCUT2D eigenvalue weighted by molar-refractivity contribution is -0.0190. The summed E-state index contributed by atoms with van der Waals surface area (Å²) < 4.78 is 17.4. The van der Waals surface area contributed by atoms with Gasteiger partial charge in [-0.15, -0.1) is 0 Å². The van der Waals surface area contributed by atoms with E-state index in [9.17, 15) is 0 Å². The van der Waals surface area contributed by atoms with Crippen LogP contribution in [0.25, 0.3) is 0 Å². The summed E-state index contributed by atoms with van der Waals surface area (Å²) in [5.74, 6) is 3.45. The van der Waals surface area contributed by atoms with E-state index in [-0.39, 0.29) is 12.3 Å². The molecular weight excluding hydrogens is 340 g/mol. The molecule has 2 atom stereocenters. The quantitative estimate of drug-likeness (QED) is 0.671. The molecule has 0 fully saturated rings. The summed E-state index contributed by atoms with van der Waals surface area (Å²) in [6, 6.07) is 20.2. The van der Waals surface area contributed by atoms with Crippen molar-refractivity contribution >= 4 is 5.71 Å². The minimum atomic E-state index is -0.288. The molecule has 0 saturated heterocycles. The van der Waals surface area contributed by atoms with Crippen LogP contribution in [0.1, 0.15) is 41.3 Å². The topological polar surface area (TPSA) is 47.2 Å². The molecule has 0 amide bonds. The van der Waals surface area contributed by atoms with Gasteiger partial charge in [-0.3, -0.25) is 0 Å². The van der Waals surface area contributed by atoms with Crippen molar-refractivity contribution in [2.45, 2.75) is 25.6 Å².